The van der Waals surface area contributed by atoms with Crippen LogP contribution < -0.4 is 5.32 Å². The van der Waals surface area contributed by atoms with E-state index < -0.39 is 22.4 Å². The smallest absolute Gasteiger partial charge is 0.379 e. The number of alkyl halides is 3. The van der Waals surface area contributed by atoms with Gasteiger partial charge in [0.25, 0.3) is 5.69 Å². The number of nitrogens with one attached hydrogen (secondary N) is 1. The summed E-state index contributed by atoms with van der Waals surface area (Å²) in [5.74, 6) is 0.404. The van der Waals surface area contributed by atoms with Gasteiger partial charge >= 0.3 is 6.18 Å². The first-order valence-electron chi connectivity index (χ1n) is 5.81. The average molecular weight is 276 g/mol. The normalized spacial score (nSPS) is 11.7. The molecule has 1 N–H and O–H groups in total. The van der Waals surface area contributed by atoms with E-state index in [1.165, 1.54) is 0 Å². The van der Waals surface area contributed by atoms with Crippen LogP contribution in [0, 0.1) is 16.0 Å². The lowest BCUT2D eigenvalue weighted by Crippen LogP contribution is -2.09. The number of hydrogen-bond acceptors (Lipinski definition) is 3. The first kappa shape index (κ1) is 15.3. The van der Waals surface area contributed by atoms with E-state index in [4.69, 9.17) is 0 Å². The van der Waals surface area contributed by atoms with E-state index in [1.807, 2.05) is 13.8 Å². The third-order valence-electron chi connectivity index (χ3n) is 2.56. The predicted molar refractivity (Wildman–Crippen MR) is 66.0 cm³/mol. The number of halogens is 3. The molecule has 0 aliphatic carbocycles. The molecule has 0 radical (unpaired) electrons. The molecule has 0 unspecified atom stereocenters. The maximum atomic E-state index is 12.5. The second kappa shape index (κ2) is 5.90. The van der Waals surface area contributed by atoms with Crippen molar-refractivity contribution in [3.05, 3.63) is 33.9 Å². The number of benzene rings is 1. The molecule has 0 amide bonds. The van der Waals surface area contributed by atoms with Crippen molar-refractivity contribution in [1.82, 2.24) is 0 Å². The minimum absolute atomic E-state index is 0.110. The fraction of sp³-hybridized carbons (Fsp3) is 0.500. The highest BCUT2D eigenvalue weighted by molar-refractivity contribution is 5.62. The van der Waals surface area contributed by atoms with Gasteiger partial charge < -0.3 is 5.32 Å². The third kappa shape index (κ3) is 4.42. The summed E-state index contributed by atoms with van der Waals surface area (Å²) in [5, 5.41) is 13.6. The number of nitro groups is 1. The summed E-state index contributed by atoms with van der Waals surface area (Å²) in [5.41, 5.74) is -1.47. The number of hydrogen-bond donors (Lipinski definition) is 1. The molecule has 0 saturated carbocycles. The average Bonchev–Trinajstić information content (AvgIpc) is 2.27. The molecule has 106 valence electrons. The fourth-order valence-corrected chi connectivity index (χ4v) is 1.50. The van der Waals surface area contributed by atoms with Gasteiger partial charge in [-0.15, -0.1) is 0 Å². The van der Waals surface area contributed by atoms with E-state index in [1.54, 1.807) is 0 Å². The summed E-state index contributed by atoms with van der Waals surface area (Å²) >= 11 is 0. The van der Waals surface area contributed by atoms with Crippen molar-refractivity contribution in [1.29, 1.82) is 0 Å². The Kier molecular flexibility index (Phi) is 4.74. The summed E-state index contributed by atoms with van der Waals surface area (Å²) in [7, 11) is 0. The Bertz CT molecular complexity index is 459. The monoisotopic (exact) mass is 276 g/mol. The van der Waals surface area contributed by atoms with Gasteiger partial charge in [-0.1, -0.05) is 13.8 Å². The van der Waals surface area contributed by atoms with E-state index >= 15 is 0 Å². The standard InChI is InChI=1S/C12H15F3N2O2/c1-8(2)5-6-16-10-4-3-9(12(13,14)15)7-11(10)17(18)19/h3-4,7-8,16H,5-6H2,1-2H3. The lowest BCUT2D eigenvalue weighted by atomic mass is 10.1. The van der Waals surface area contributed by atoms with Gasteiger partial charge in [-0.05, 0) is 24.5 Å². The lowest BCUT2D eigenvalue weighted by molar-refractivity contribution is -0.384. The minimum Gasteiger partial charge on any atom is -0.379 e. The van der Waals surface area contributed by atoms with Crippen LogP contribution in [0.3, 0.4) is 0 Å². The summed E-state index contributed by atoms with van der Waals surface area (Å²) < 4.78 is 37.4. The highest BCUT2D eigenvalue weighted by Gasteiger charge is 2.32. The van der Waals surface area contributed by atoms with Crippen molar-refractivity contribution in [3.8, 4) is 0 Å². The van der Waals surface area contributed by atoms with Crippen molar-refractivity contribution in [2.75, 3.05) is 11.9 Å². The number of nitrogens with zero attached hydrogens (tertiary/aromatic N) is 1. The molecule has 0 bridgehead atoms. The molecule has 7 heteroatoms. The van der Waals surface area contributed by atoms with Crippen LogP contribution in [0.5, 0.6) is 0 Å². The molecule has 0 aliphatic heterocycles. The second-order valence-electron chi connectivity index (χ2n) is 4.60. The summed E-state index contributed by atoms with van der Waals surface area (Å²) in [6, 6.07) is 2.49. The molecule has 0 aliphatic rings. The van der Waals surface area contributed by atoms with Crippen LogP contribution in [0.1, 0.15) is 25.8 Å². The summed E-state index contributed by atoms with van der Waals surface area (Å²) in [6.07, 6.45) is -3.81. The van der Waals surface area contributed by atoms with Crippen LogP contribution in [0.4, 0.5) is 24.5 Å². The van der Waals surface area contributed by atoms with Crippen molar-refractivity contribution in [2.24, 2.45) is 5.92 Å². The molecule has 0 heterocycles. The molecule has 1 aromatic rings. The van der Waals surface area contributed by atoms with E-state index in [0.29, 0.717) is 18.5 Å². The Hall–Kier alpha value is -1.79. The Balaban J connectivity index is 2.96. The largest absolute Gasteiger partial charge is 0.416 e. The highest BCUT2D eigenvalue weighted by Crippen LogP contribution is 2.34. The zero-order valence-electron chi connectivity index (χ0n) is 10.6. The van der Waals surface area contributed by atoms with Crippen LogP contribution >= 0.6 is 0 Å². The van der Waals surface area contributed by atoms with E-state index in [2.05, 4.69) is 5.32 Å². The van der Waals surface area contributed by atoms with Gasteiger partial charge in [0, 0.05) is 12.6 Å². The van der Waals surface area contributed by atoms with Crippen molar-refractivity contribution >= 4 is 11.4 Å². The van der Waals surface area contributed by atoms with Crippen LogP contribution in [0.25, 0.3) is 0 Å². The highest BCUT2D eigenvalue weighted by atomic mass is 19.4. The predicted octanol–water partition coefficient (Wildman–Crippen LogP) is 4.07. The molecule has 0 aromatic heterocycles. The summed E-state index contributed by atoms with van der Waals surface area (Å²) in [6.45, 7) is 4.45. The first-order valence-corrected chi connectivity index (χ1v) is 5.81. The Morgan fingerprint density at radius 2 is 2.00 bits per heavy atom. The van der Waals surface area contributed by atoms with E-state index in [9.17, 15) is 23.3 Å². The molecule has 0 spiro atoms. The molecule has 1 rings (SSSR count). The van der Waals surface area contributed by atoms with E-state index in [-0.39, 0.29) is 5.69 Å². The van der Waals surface area contributed by atoms with Gasteiger partial charge in [-0.25, -0.2) is 0 Å². The molecule has 4 nitrogen and oxygen atoms in total. The van der Waals surface area contributed by atoms with Gasteiger partial charge in [0.15, 0.2) is 0 Å². The van der Waals surface area contributed by atoms with Gasteiger partial charge in [0.05, 0.1) is 10.5 Å². The maximum Gasteiger partial charge on any atom is 0.416 e. The number of rotatable bonds is 5. The van der Waals surface area contributed by atoms with E-state index in [0.717, 1.165) is 18.6 Å². The Morgan fingerprint density at radius 3 is 2.47 bits per heavy atom. The SMILES string of the molecule is CC(C)CCNc1ccc(C(F)(F)F)cc1[N+](=O)[O-]. The minimum atomic E-state index is -4.58. The van der Waals surface area contributed by atoms with Crippen molar-refractivity contribution in [2.45, 2.75) is 26.4 Å². The molecular formula is C12H15F3N2O2. The number of anilines is 1. The molecule has 1 aromatic carbocycles. The van der Waals surface area contributed by atoms with Gasteiger partial charge in [0.1, 0.15) is 5.69 Å². The molecule has 19 heavy (non-hydrogen) atoms. The number of nitro benzene ring substituents is 1. The molecule has 0 saturated heterocycles. The molecule has 0 atom stereocenters. The molecule has 0 fully saturated rings. The van der Waals surface area contributed by atoms with Crippen LogP contribution in [-0.2, 0) is 6.18 Å². The van der Waals surface area contributed by atoms with Gasteiger partial charge in [0.2, 0.25) is 0 Å². The molecular weight excluding hydrogens is 261 g/mol. The summed E-state index contributed by atoms with van der Waals surface area (Å²) in [4.78, 5) is 9.98. The topological polar surface area (TPSA) is 55.2 Å². The zero-order valence-corrected chi connectivity index (χ0v) is 10.6. The Morgan fingerprint density at radius 1 is 1.37 bits per heavy atom. The van der Waals surface area contributed by atoms with Crippen LogP contribution in [0.15, 0.2) is 18.2 Å². The Labute approximate surface area is 108 Å². The van der Waals surface area contributed by atoms with Crippen molar-refractivity contribution < 1.29 is 18.1 Å². The lowest BCUT2D eigenvalue weighted by Gasteiger charge is -2.11. The second-order valence-corrected chi connectivity index (χ2v) is 4.60. The third-order valence-corrected chi connectivity index (χ3v) is 2.56. The quantitative estimate of drug-likeness (QED) is 0.651. The fourth-order valence-electron chi connectivity index (χ4n) is 1.50. The van der Waals surface area contributed by atoms with Crippen molar-refractivity contribution in [3.63, 3.8) is 0 Å². The van der Waals surface area contributed by atoms with Gasteiger partial charge in [-0.2, -0.15) is 13.2 Å². The zero-order chi connectivity index (χ0) is 14.6. The van der Waals surface area contributed by atoms with Crippen LogP contribution in [-0.4, -0.2) is 11.5 Å². The first-order chi connectivity index (χ1) is 8.71. The van der Waals surface area contributed by atoms with Gasteiger partial charge in [-0.3, -0.25) is 10.1 Å². The van der Waals surface area contributed by atoms with Crippen LogP contribution in [0.2, 0.25) is 0 Å². The maximum absolute atomic E-state index is 12.5.